The van der Waals surface area contributed by atoms with Crippen molar-refractivity contribution in [3.05, 3.63) is 70.8 Å². The Morgan fingerprint density at radius 1 is 1.00 bits per heavy atom. The van der Waals surface area contributed by atoms with Crippen molar-refractivity contribution in [2.24, 2.45) is 7.05 Å². The molecule has 28 heavy (non-hydrogen) atoms. The Bertz CT molecular complexity index is 1020. The highest BCUT2D eigenvalue weighted by Crippen LogP contribution is 2.33. The van der Waals surface area contributed by atoms with E-state index < -0.39 is 0 Å². The van der Waals surface area contributed by atoms with Crippen LogP contribution in [-0.4, -0.2) is 13.1 Å². The molecule has 144 valence electrons. The van der Waals surface area contributed by atoms with E-state index in [2.05, 4.69) is 91.0 Å². The number of fused-ring (bicyclic) bond motifs is 1. The molecule has 0 saturated heterocycles. The van der Waals surface area contributed by atoms with Gasteiger partial charge in [0, 0.05) is 30.4 Å². The molecule has 2 aromatic carbocycles. The summed E-state index contributed by atoms with van der Waals surface area (Å²) in [6.07, 6.45) is 8.34. The average molecular weight is 390 g/mol. The summed E-state index contributed by atoms with van der Waals surface area (Å²) in [4.78, 5) is 2.39. The van der Waals surface area contributed by atoms with Gasteiger partial charge < -0.3 is 4.90 Å². The van der Waals surface area contributed by atoms with Crippen molar-refractivity contribution in [1.82, 2.24) is 0 Å². The van der Waals surface area contributed by atoms with Gasteiger partial charge in [-0.05, 0) is 68.5 Å². The molecule has 1 aromatic heterocycles. The maximum absolute atomic E-state index is 2.42. The third-order valence-electron chi connectivity index (χ3n) is 5.66. The first-order valence-electron chi connectivity index (χ1n) is 10.3. The molecule has 0 N–H and O–H groups in total. The molecule has 0 bridgehead atoms. The lowest BCUT2D eigenvalue weighted by Crippen LogP contribution is -2.30. The normalized spacial score (nSPS) is 15.8. The van der Waals surface area contributed by atoms with Gasteiger partial charge >= 0.3 is 0 Å². The average Bonchev–Trinajstić information content (AvgIpc) is 3.07. The van der Waals surface area contributed by atoms with Crippen LogP contribution < -0.4 is 9.47 Å². The molecule has 0 unspecified atom stereocenters. The van der Waals surface area contributed by atoms with Gasteiger partial charge in [-0.3, -0.25) is 0 Å². The van der Waals surface area contributed by atoms with Crippen molar-refractivity contribution in [1.29, 1.82) is 0 Å². The largest absolute Gasteiger partial charge is 0.372 e. The van der Waals surface area contributed by atoms with Gasteiger partial charge in [0.2, 0.25) is 5.52 Å². The molecular formula is C25H29N2S+. The number of aryl methyl sites for hydroxylation is 1. The van der Waals surface area contributed by atoms with Crippen LogP contribution in [0.25, 0.3) is 21.9 Å². The topological polar surface area (TPSA) is 7.12 Å². The summed E-state index contributed by atoms with van der Waals surface area (Å²) < 4.78 is 3.72. The zero-order chi connectivity index (χ0) is 19.5. The van der Waals surface area contributed by atoms with Gasteiger partial charge in [-0.15, -0.1) is 0 Å². The van der Waals surface area contributed by atoms with E-state index in [0.717, 1.165) is 19.5 Å². The molecule has 2 nitrogen and oxygen atoms in total. The molecule has 3 aromatic rings. The minimum atomic E-state index is 1.05. The Kier molecular flexibility index (Phi) is 5.63. The fourth-order valence-corrected chi connectivity index (χ4v) is 5.29. The fraction of sp³-hybridized carbons (Fsp3) is 0.320. The first-order valence-corrected chi connectivity index (χ1v) is 11.1. The third kappa shape index (κ3) is 3.77. The molecule has 0 spiro atoms. The number of anilines is 1. The van der Waals surface area contributed by atoms with Crippen molar-refractivity contribution in [2.75, 3.05) is 18.0 Å². The predicted octanol–water partition coefficient (Wildman–Crippen LogP) is 6.22. The number of hydrogen-bond donors (Lipinski definition) is 0. The maximum atomic E-state index is 2.42. The molecule has 1 aliphatic carbocycles. The van der Waals surface area contributed by atoms with E-state index in [-0.39, 0.29) is 0 Å². The molecule has 0 saturated carbocycles. The number of allylic oxidation sites excluding steroid dienone is 3. The number of hydrogen-bond acceptors (Lipinski definition) is 2. The van der Waals surface area contributed by atoms with Crippen LogP contribution >= 0.6 is 11.3 Å². The van der Waals surface area contributed by atoms with E-state index in [4.69, 9.17) is 0 Å². The van der Waals surface area contributed by atoms with Crippen molar-refractivity contribution in [3.8, 4) is 0 Å². The molecule has 0 atom stereocenters. The Labute approximate surface area is 172 Å². The third-order valence-corrected chi connectivity index (χ3v) is 6.95. The van der Waals surface area contributed by atoms with Gasteiger partial charge in [0.1, 0.15) is 11.7 Å². The first-order chi connectivity index (χ1) is 13.7. The van der Waals surface area contributed by atoms with Crippen molar-refractivity contribution in [2.45, 2.75) is 33.1 Å². The number of thiazole rings is 1. The summed E-state index contributed by atoms with van der Waals surface area (Å²) in [6.45, 7) is 6.52. The number of benzene rings is 2. The van der Waals surface area contributed by atoms with E-state index in [1.807, 2.05) is 11.3 Å². The molecule has 0 amide bonds. The van der Waals surface area contributed by atoms with Crippen LogP contribution in [0.5, 0.6) is 0 Å². The molecule has 3 heteroatoms. The number of nitrogens with zero attached hydrogens (tertiary/aromatic N) is 2. The van der Waals surface area contributed by atoms with Gasteiger partial charge in [0.05, 0.1) is 0 Å². The second-order valence-corrected chi connectivity index (χ2v) is 8.47. The monoisotopic (exact) mass is 389 g/mol. The summed E-state index contributed by atoms with van der Waals surface area (Å²) in [6, 6.07) is 17.7. The lowest BCUT2D eigenvalue weighted by atomic mass is 9.94. The fourth-order valence-electron chi connectivity index (χ4n) is 4.10. The molecule has 1 aliphatic rings. The second-order valence-electron chi connectivity index (χ2n) is 7.44. The number of aromatic nitrogens is 1. The van der Waals surface area contributed by atoms with E-state index >= 15 is 0 Å². The summed E-state index contributed by atoms with van der Waals surface area (Å²) >= 11 is 1.91. The predicted molar refractivity (Wildman–Crippen MR) is 123 cm³/mol. The molecule has 4 rings (SSSR count). The Balaban J connectivity index is 1.62. The second kappa shape index (κ2) is 8.32. The lowest BCUT2D eigenvalue weighted by Gasteiger charge is -2.21. The minimum absolute atomic E-state index is 1.05. The highest BCUT2D eigenvalue weighted by Gasteiger charge is 2.22. The van der Waals surface area contributed by atoms with Crippen molar-refractivity contribution < 1.29 is 4.57 Å². The summed E-state index contributed by atoms with van der Waals surface area (Å²) in [5, 5.41) is 1.39. The summed E-state index contributed by atoms with van der Waals surface area (Å²) in [5.41, 5.74) is 6.84. The summed E-state index contributed by atoms with van der Waals surface area (Å²) in [5.74, 6) is 0. The van der Waals surface area contributed by atoms with Gasteiger partial charge in [-0.25, -0.2) is 0 Å². The standard InChI is InChI=1S/C25H29N2S/c1-4-27(5-2)22-15-13-19(14-16-22)17-20-9-8-10-21(18-20)25-26(3)23-11-6-7-12-24(23)28-25/h6-7,11-18H,4-5,8-10H2,1-3H3/q+1. The minimum Gasteiger partial charge on any atom is -0.372 e. The zero-order valence-electron chi connectivity index (χ0n) is 17.1. The molecule has 0 radical (unpaired) electrons. The number of rotatable bonds is 5. The first kappa shape index (κ1) is 18.9. The van der Waals surface area contributed by atoms with Gasteiger partial charge in [0.15, 0.2) is 0 Å². The van der Waals surface area contributed by atoms with Crippen LogP contribution in [0.1, 0.15) is 43.7 Å². The van der Waals surface area contributed by atoms with Crippen molar-refractivity contribution >= 4 is 38.9 Å². The highest BCUT2D eigenvalue weighted by atomic mass is 32.1. The van der Waals surface area contributed by atoms with Gasteiger partial charge in [-0.2, -0.15) is 4.57 Å². The zero-order valence-corrected chi connectivity index (χ0v) is 17.9. The smallest absolute Gasteiger partial charge is 0.265 e. The Morgan fingerprint density at radius 3 is 2.46 bits per heavy atom. The summed E-state index contributed by atoms with van der Waals surface area (Å²) in [7, 11) is 2.19. The van der Waals surface area contributed by atoms with Gasteiger partial charge in [-0.1, -0.05) is 41.7 Å². The van der Waals surface area contributed by atoms with E-state index in [1.165, 1.54) is 50.5 Å². The molecular weight excluding hydrogens is 360 g/mol. The molecule has 0 aliphatic heterocycles. The van der Waals surface area contributed by atoms with E-state index in [0.29, 0.717) is 0 Å². The van der Waals surface area contributed by atoms with E-state index in [1.54, 1.807) is 0 Å². The Morgan fingerprint density at radius 2 is 1.75 bits per heavy atom. The van der Waals surface area contributed by atoms with Gasteiger partial charge in [0.25, 0.3) is 5.01 Å². The van der Waals surface area contributed by atoms with Crippen molar-refractivity contribution in [3.63, 3.8) is 0 Å². The van der Waals surface area contributed by atoms with Crippen LogP contribution in [0.3, 0.4) is 0 Å². The van der Waals surface area contributed by atoms with Crippen LogP contribution in [0.15, 0.2) is 60.2 Å². The molecule has 0 fully saturated rings. The highest BCUT2D eigenvalue weighted by molar-refractivity contribution is 7.19. The van der Waals surface area contributed by atoms with Crippen LogP contribution in [0.2, 0.25) is 0 Å². The maximum Gasteiger partial charge on any atom is 0.265 e. The molecule has 1 heterocycles. The quantitative estimate of drug-likeness (QED) is 0.470. The Hall–Kier alpha value is -2.39. The SMILES string of the molecule is CCN(CC)c1ccc(/C=C2\C=C(c3sc4ccccc4[n+]3C)CCC2)cc1. The lowest BCUT2D eigenvalue weighted by molar-refractivity contribution is -0.642. The van der Waals surface area contributed by atoms with E-state index in [9.17, 15) is 0 Å². The number of para-hydroxylation sites is 1. The van der Waals surface area contributed by atoms with Crippen LogP contribution in [-0.2, 0) is 7.05 Å². The van der Waals surface area contributed by atoms with Crippen LogP contribution in [0, 0.1) is 0 Å². The van der Waals surface area contributed by atoms with Crippen LogP contribution in [0.4, 0.5) is 5.69 Å².